The van der Waals surface area contributed by atoms with Crippen LogP contribution < -0.4 is 16.0 Å². The third-order valence-corrected chi connectivity index (χ3v) is 4.85. The first-order valence-electron chi connectivity index (χ1n) is 8.06. The molecule has 1 aromatic carbocycles. The van der Waals surface area contributed by atoms with Gasteiger partial charge in [0, 0.05) is 25.2 Å². The highest BCUT2D eigenvalue weighted by atomic mass is 16.2. The maximum Gasteiger partial charge on any atom is 0.234 e. The summed E-state index contributed by atoms with van der Waals surface area (Å²) in [5, 5.41) is 2.42. The second-order valence-corrected chi connectivity index (χ2v) is 6.26. The van der Waals surface area contributed by atoms with Crippen molar-refractivity contribution in [1.29, 1.82) is 0 Å². The first-order chi connectivity index (χ1) is 10.7. The van der Waals surface area contributed by atoms with Crippen molar-refractivity contribution in [2.24, 2.45) is 11.7 Å². The van der Waals surface area contributed by atoms with Gasteiger partial charge in [-0.3, -0.25) is 14.9 Å². The molecule has 2 aliphatic rings. The quantitative estimate of drug-likeness (QED) is 0.827. The Morgan fingerprint density at radius 1 is 1.09 bits per heavy atom. The van der Waals surface area contributed by atoms with E-state index in [0.29, 0.717) is 18.8 Å². The Bertz CT molecular complexity index is 548. The van der Waals surface area contributed by atoms with Gasteiger partial charge in [0.15, 0.2) is 0 Å². The molecule has 118 valence electrons. The molecule has 0 bridgehead atoms. The molecule has 2 heterocycles. The predicted molar refractivity (Wildman–Crippen MR) is 85.6 cm³/mol. The number of carbonyl (C=O) groups is 2. The molecule has 0 aliphatic carbocycles. The predicted octanol–water partition coefficient (Wildman–Crippen LogP) is 1.38. The van der Waals surface area contributed by atoms with Crippen molar-refractivity contribution in [2.45, 2.75) is 31.6 Å². The second kappa shape index (κ2) is 6.48. The minimum Gasteiger partial charge on any atom is -0.372 e. The standard InChI is InChI=1S/C17H23N3O2/c18-11-12-7-9-20(10-8-12)14-3-1-13(2-4-14)15-5-6-16(21)19-17(15)22/h1-4,12,15H,5-11,18H2,(H,19,21,22). The molecule has 3 N–H and O–H groups in total. The maximum atomic E-state index is 11.9. The third kappa shape index (κ3) is 3.14. The average molecular weight is 301 g/mol. The number of hydrogen-bond acceptors (Lipinski definition) is 4. The minimum absolute atomic E-state index is 0.166. The van der Waals surface area contributed by atoms with E-state index in [2.05, 4.69) is 22.3 Å². The third-order valence-electron chi connectivity index (χ3n) is 4.85. The monoisotopic (exact) mass is 301 g/mol. The van der Waals surface area contributed by atoms with Crippen LogP contribution in [0.15, 0.2) is 24.3 Å². The van der Waals surface area contributed by atoms with Crippen LogP contribution in [0.5, 0.6) is 0 Å². The number of nitrogens with two attached hydrogens (primary N) is 1. The lowest BCUT2D eigenvalue weighted by Crippen LogP contribution is -2.39. The molecule has 2 saturated heterocycles. The number of imide groups is 1. The van der Waals surface area contributed by atoms with Crippen molar-refractivity contribution in [3.63, 3.8) is 0 Å². The molecular formula is C17H23N3O2. The second-order valence-electron chi connectivity index (χ2n) is 6.26. The van der Waals surface area contributed by atoms with Gasteiger partial charge in [-0.25, -0.2) is 0 Å². The van der Waals surface area contributed by atoms with E-state index < -0.39 is 0 Å². The number of rotatable bonds is 3. The highest BCUT2D eigenvalue weighted by Crippen LogP contribution is 2.28. The van der Waals surface area contributed by atoms with Crippen LogP contribution in [-0.4, -0.2) is 31.4 Å². The molecule has 2 aliphatic heterocycles. The molecule has 1 aromatic rings. The Kier molecular flexibility index (Phi) is 4.43. The van der Waals surface area contributed by atoms with E-state index in [9.17, 15) is 9.59 Å². The number of amides is 2. The fraction of sp³-hybridized carbons (Fsp3) is 0.529. The zero-order valence-electron chi connectivity index (χ0n) is 12.8. The number of benzene rings is 1. The van der Waals surface area contributed by atoms with Gasteiger partial charge < -0.3 is 10.6 Å². The molecule has 3 rings (SSSR count). The first-order valence-corrected chi connectivity index (χ1v) is 8.06. The van der Waals surface area contributed by atoms with Gasteiger partial charge in [0.25, 0.3) is 0 Å². The average Bonchev–Trinajstić information content (AvgIpc) is 2.55. The Labute approximate surface area is 130 Å². The lowest BCUT2D eigenvalue weighted by Gasteiger charge is -2.33. The van der Waals surface area contributed by atoms with Crippen molar-refractivity contribution in [3.05, 3.63) is 29.8 Å². The molecular weight excluding hydrogens is 278 g/mol. The molecule has 2 amide bonds. The number of nitrogens with one attached hydrogen (secondary N) is 1. The summed E-state index contributed by atoms with van der Waals surface area (Å²) < 4.78 is 0. The molecule has 0 aromatic heterocycles. The van der Waals surface area contributed by atoms with Crippen molar-refractivity contribution in [1.82, 2.24) is 5.32 Å². The van der Waals surface area contributed by atoms with Crippen molar-refractivity contribution in [2.75, 3.05) is 24.5 Å². The van der Waals surface area contributed by atoms with Gasteiger partial charge in [-0.15, -0.1) is 0 Å². The SMILES string of the molecule is NCC1CCN(c2ccc(C3CCC(=O)NC3=O)cc2)CC1. The molecule has 0 radical (unpaired) electrons. The number of piperidine rings is 2. The summed E-state index contributed by atoms with van der Waals surface area (Å²) in [7, 11) is 0. The van der Waals surface area contributed by atoms with Crippen LogP contribution in [0.3, 0.4) is 0 Å². The van der Waals surface area contributed by atoms with Crippen LogP contribution in [0.4, 0.5) is 5.69 Å². The summed E-state index contributed by atoms with van der Waals surface area (Å²) in [6.45, 7) is 2.86. The van der Waals surface area contributed by atoms with Crippen LogP contribution in [-0.2, 0) is 9.59 Å². The van der Waals surface area contributed by atoms with Gasteiger partial charge in [0.05, 0.1) is 5.92 Å². The Balaban J connectivity index is 1.65. The zero-order chi connectivity index (χ0) is 15.5. The van der Waals surface area contributed by atoms with E-state index in [4.69, 9.17) is 5.73 Å². The Morgan fingerprint density at radius 3 is 2.36 bits per heavy atom. The number of hydrogen-bond donors (Lipinski definition) is 2. The molecule has 0 saturated carbocycles. The molecule has 1 atom stereocenters. The normalized spacial score (nSPS) is 23.5. The Hall–Kier alpha value is -1.88. The van der Waals surface area contributed by atoms with Crippen molar-refractivity contribution in [3.8, 4) is 0 Å². The van der Waals surface area contributed by atoms with Gasteiger partial charge in [-0.05, 0) is 49.4 Å². The Morgan fingerprint density at radius 2 is 1.77 bits per heavy atom. The van der Waals surface area contributed by atoms with E-state index >= 15 is 0 Å². The van der Waals surface area contributed by atoms with Crippen LogP contribution in [0.1, 0.15) is 37.2 Å². The van der Waals surface area contributed by atoms with E-state index in [1.165, 1.54) is 5.69 Å². The summed E-state index contributed by atoms with van der Waals surface area (Å²) >= 11 is 0. The highest BCUT2D eigenvalue weighted by Gasteiger charge is 2.28. The van der Waals surface area contributed by atoms with Crippen LogP contribution in [0, 0.1) is 5.92 Å². The van der Waals surface area contributed by atoms with Gasteiger partial charge in [-0.1, -0.05) is 12.1 Å². The van der Waals surface area contributed by atoms with E-state index in [0.717, 1.165) is 38.0 Å². The minimum atomic E-state index is -0.199. The first kappa shape index (κ1) is 15.0. The maximum absolute atomic E-state index is 11.9. The van der Waals surface area contributed by atoms with E-state index in [-0.39, 0.29) is 17.7 Å². The zero-order valence-corrected chi connectivity index (χ0v) is 12.8. The van der Waals surface area contributed by atoms with Crippen molar-refractivity contribution < 1.29 is 9.59 Å². The molecule has 1 unspecified atom stereocenters. The summed E-state index contributed by atoms with van der Waals surface area (Å²) in [4.78, 5) is 25.5. The summed E-state index contributed by atoms with van der Waals surface area (Å²) in [5.74, 6) is 0.113. The largest absolute Gasteiger partial charge is 0.372 e. The van der Waals surface area contributed by atoms with E-state index in [1.54, 1.807) is 0 Å². The fourth-order valence-corrected chi connectivity index (χ4v) is 3.36. The van der Waals surface area contributed by atoms with Crippen LogP contribution >= 0.6 is 0 Å². The van der Waals surface area contributed by atoms with E-state index in [1.807, 2.05) is 12.1 Å². The van der Waals surface area contributed by atoms with Crippen LogP contribution in [0.25, 0.3) is 0 Å². The summed E-state index contributed by atoms with van der Waals surface area (Å²) in [6.07, 6.45) is 3.31. The van der Waals surface area contributed by atoms with Gasteiger partial charge >= 0.3 is 0 Å². The molecule has 5 nitrogen and oxygen atoms in total. The smallest absolute Gasteiger partial charge is 0.234 e. The summed E-state index contributed by atoms with van der Waals surface area (Å²) in [6, 6.07) is 8.21. The number of nitrogens with zero attached hydrogens (tertiary/aromatic N) is 1. The number of carbonyl (C=O) groups excluding carboxylic acids is 2. The highest BCUT2D eigenvalue weighted by molar-refractivity contribution is 6.00. The molecule has 2 fully saturated rings. The number of anilines is 1. The topological polar surface area (TPSA) is 75.4 Å². The molecule has 5 heteroatoms. The fourth-order valence-electron chi connectivity index (χ4n) is 3.36. The van der Waals surface area contributed by atoms with Crippen molar-refractivity contribution >= 4 is 17.5 Å². The lowest BCUT2D eigenvalue weighted by molar-refractivity contribution is -0.134. The lowest BCUT2D eigenvalue weighted by atomic mass is 9.90. The van der Waals surface area contributed by atoms with Gasteiger partial charge in [-0.2, -0.15) is 0 Å². The molecule has 0 spiro atoms. The van der Waals surface area contributed by atoms with Gasteiger partial charge in [0.2, 0.25) is 11.8 Å². The summed E-state index contributed by atoms with van der Waals surface area (Å²) in [5.41, 5.74) is 7.92. The molecule has 22 heavy (non-hydrogen) atoms. The van der Waals surface area contributed by atoms with Gasteiger partial charge in [0.1, 0.15) is 0 Å². The van der Waals surface area contributed by atoms with Crippen LogP contribution in [0.2, 0.25) is 0 Å².